The van der Waals surface area contributed by atoms with Gasteiger partial charge in [0, 0.05) is 16.1 Å². The molecular weight excluding hydrogens is 422 g/mol. The Balaban J connectivity index is 1.58. The fourth-order valence-electron chi connectivity index (χ4n) is 3.68. The molecule has 6 nitrogen and oxygen atoms in total. The number of sulfone groups is 1. The Labute approximate surface area is 178 Å². The van der Waals surface area contributed by atoms with Crippen LogP contribution in [0.15, 0.2) is 66.7 Å². The minimum absolute atomic E-state index is 0.144. The molecule has 5 rings (SSSR count). The van der Waals surface area contributed by atoms with Crippen molar-refractivity contribution in [2.45, 2.75) is 11.5 Å². The molecule has 0 unspecified atom stereocenters. The Morgan fingerprint density at radius 1 is 0.967 bits per heavy atom. The van der Waals surface area contributed by atoms with E-state index in [1.807, 2.05) is 36.4 Å². The summed E-state index contributed by atoms with van der Waals surface area (Å²) in [6.45, 7) is 0. The van der Waals surface area contributed by atoms with Crippen molar-refractivity contribution in [3.05, 3.63) is 88.6 Å². The molecule has 0 aliphatic carbocycles. The first-order chi connectivity index (χ1) is 14.4. The zero-order valence-electron chi connectivity index (χ0n) is 15.7. The van der Waals surface area contributed by atoms with Crippen molar-refractivity contribution < 1.29 is 13.2 Å². The van der Waals surface area contributed by atoms with Crippen LogP contribution in [0.4, 0.5) is 5.82 Å². The van der Waals surface area contributed by atoms with Gasteiger partial charge in [0.1, 0.15) is 5.82 Å². The van der Waals surface area contributed by atoms with E-state index >= 15 is 0 Å². The number of hydrogen-bond acceptors (Lipinski definition) is 4. The highest BCUT2D eigenvalue weighted by Gasteiger charge is 2.33. The van der Waals surface area contributed by atoms with Crippen LogP contribution < -0.4 is 5.32 Å². The van der Waals surface area contributed by atoms with Gasteiger partial charge in [0.2, 0.25) is 0 Å². The van der Waals surface area contributed by atoms with Crippen LogP contribution in [0, 0.1) is 0 Å². The minimum atomic E-state index is -3.27. The summed E-state index contributed by atoms with van der Waals surface area (Å²) in [5.41, 5.74) is 2.08. The van der Waals surface area contributed by atoms with E-state index in [0.717, 1.165) is 10.8 Å². The summed E-state index contributed by atoms with van der Waals surface area (Å²) in [6.07, 6.45) is 0. The summed E-state index contributed by atoms with van der Waals surface area (Å²) < 4.78 is 25.8. The maximum Gasteiger partial charge on any atom is 0.256 e. The second-order valence-corrected chi connectivity index (χ2v) is 9.71. The molecule has 1 aliphatic heterocycles. The SMILES string of the molecule is O=C(Nc1c2c(nn1-c1cccc(Cl)c1)CS(=O)(=O)C2)c1ccc2ccccc2c1. The van der Waals surface area contributed by atoms with Crippen molar-refractivity contribution in [1.82, 2.24) is 9.78 Å². The normalized spacial score (nSPS) is 14.6. The van der Waals surface area contributed by atoms with Crippen LogP contribution >= 0.6 is 11.6 Å². The molecule has 0 spiro atoms. The number of nitrogens with one attached hydrogen (secondary N) is 1. The van der Waals surface area contributed by atoms with E-state index in [1.165, 1.54) is 0 Å². The number of rotatable bonds is 3. The molecular formula is C22H16ClN3O3S. The summed E-state index contributed by atoms with van der Waals surface area (Å²) in [5.74, 6) is -0.284. The molecule has 1 N–H and O–H groups in total. The molecule has 0 radical (unpaired) electrons. The van der Waals surface area contributed by atoms with Gasteiger partial charge in [-0.25, -0.2) is 13.1 Å². The molecule has 0 saturated heterocycles. The lowest BCUT2D eigenvalue weighted by molar-refractivity contribution is 0.102. The second kappa shape index (κ2) is 6.97. The van der Waals surface area contributed by atoms with Crippen LogP contribution in [0.2, 0.25) is 5.02 Å². The van der Waals surface area contributed by atoms with Crippen LogP contribution in [0.25, 0.3) is 16.5 Å². The second-order valence-electron chi connectivity index (χ2n) is 7.21. The van der Waals surface area contributed by atoms with Gasteiger partial charge in [-0.2, -0.15) is 5.10 Å². The molecule has 0 saturated carbocycles. The van der Waals surface area contributed by atoms with E-state index < -0.39 is 9.84 Å². The Kier molecular flexibility index (Phi) is 4.38. The first-order valence-corrected chi connectivity index (χ1v) is 11.5. The number of hydrogen-bond donors (Lipinski definition) is 1. The molecule has 8 heteroatoms. The summed E-state index contributed by atoms with van der Waals surface area (Å²) in [7, 11) is -3.27. The van der Waals surface area contributed by atoms with Crippen molar-refractivity contribution in [1.29, 1.82) is 0 Å². The molecule has 0 atom stereocenters. The highest BCUT2D eigenvalue weighted by atomic mass is 35.5. The van der Waals surface area contributed by atoms with Crippen molar-refractivity contribution in [2.24, 2.45) is 0 Å². The molecule has 150 valence electrons. The van der Waals surface area contributed by atoms with E-state index in [4.69, 9.17) is 11.6 Å². The minimum Gasteiger partial charge on any atom is -0.306 e. The fourth-order valence-corrected chi connectivity index (χ4v) is 5.35. The van der Waals surface area contributed by atoms with E-state index in [0.29, 0.717) is 33.3 Å². The molecule has 0 fully saturated rings. The van der Waals surface area contributed by atoms with Crippen LogP contribution in [0.3, 0.4) is 0 Å². The number of amides is 1. The van der Waals surface area contributed by atoms with Crippen molar-refractivity contribution >= 4 is 43.9 Å². The van der Waals surface area contributed by atoms with Gasteiger partial charge in [-0.3, -0.25) is 4.79 Å². The maximum atomic E-state index is 13.0. The van der Waals surface area contributed by atoms with E-state index in [1.54, 1.807) is 35.0 Å². The standard InChI is InChI=1S/C22H16ClN3O3S/c23-17-6-3-7-18(11-17)26-21(19-12-30(28,29)13-20(19)25-26)24-22(27)16-9-8-14-4-1-2-5-15(14)10-16/h1-11H,12-13H2,(H,24,27). The molecule has 1 amide bonds. The monoisotopic (exact) mass is 437 g/mol. The number of nitrogens with zero attached hydrogens (tertiary/aromatic N) is 2. The quantitative estimate of drug-likeness (QED) is 0.516. The predicted octanol–water partition coefficient (Wildman–Crippen LogP) is 4.36. The lowest BCUT2D eigenvalue weighted by atomic mass is 10.1. The average molecular weight is 438 g/mol. The molecule has 1 aliphatic rings. The van der Waals surface area contributed by atoms with Gasteiger partial charge in [-0.15, -0.1) is 0 Å². The molecule has 1 aromatic heterocycles. The Morgan fingerprint density at radius 3 is 2.57 bits per heavy atom. The van der Waals surface area contributed by atoms with E-state index in [2.05, 4.69) is 10.4 Å². The van der Waals surface area contributed by atoms with Crippen LogP contribution in [-0.2, 0) is 21.3 Å². The van der Waals surface area contributed by atoms with E-state index in [-0.39, 0.29) is 17.4 Å². The predicted molar refractivity (Wildman–Crippen MR) is 117 cm³/mol. The lowest BCUT2D eigenvalue weighted by Crippen LogP contribution is -2.17. The maximum absolute atomic E-state index is 13.0. The van der Waals surface area contributed by atoms with Crippen LogP contribution in [0.5, 0.6) is 0 Å². The smallest absolute Gasteiger partial charge is 0.256 e. The van der Waals surface area contributed by atoms with Gasteiger partial charge in [0.25, 0.3) is 5.91 Å². The van der Waals surface area contributed by atoms with Crippen molar-refractivity contribution in [3.63, 3.8) is 0 Å². The van der Waals surface area contributed by atoms with Crippen molar-refractivity contribution in [3.8, 4) is 5.69 Å². The van der Waals surface area contributed by atoms with E-state index in [9.17, 15) is 13.2 Å². The molecule has 4 aromatic rings. The number of fused-ring (bicyclic) bond motifs is 2. The number of halogens is 1. The Morgan fingerprint density at radius 2 is 1.77 bits per heavy atom. The Bertz CT molecular complexity index is 1430. The fraction of sp³-hybridized carbons (Fsp3) is 0.0909. The summed E-state index contributed by atoms with van der Waals surface area (Å²) >= 11 is 6.12. The number of anilines is 1. The summed E-state index contributed by atoms with van der Waals surface area (Å²) in [4.78, 5) is 13.0. The lowest BCUT2D eigenvalue weighted by Gasteiger charge is -2.12. The molecule has 3 aromatic carbocycles. The first-order valence-electron chi connectivity index (χ1n) is 9.27. The zero-order valence-corrected chi connectivity index (χ0v) is 17.2. The molecule has 2 heterocycles. The third kappa shape index (κ3) is 3.36. The van der Waals surface area contributed by atoms with Gasteiger partial charge < -0.3 is 5.32 Å². The van der Waals surface area contributed by atoms with Crippen LogP contribution in [-0.4, -0.2) is 24.1 Å². The number of benzene rings is 3. The van der Waals surface area contributed by atoms with Gasteiger partial charge in [-0.05, 0) is 41.1 Å². The molecule has 30 heavy (non-hydrogen) atoms. The highest BCUT2D eigenvalue weighted by Crippen LogP contribution is 2.33. The third-order valence-electron chi connectivity index (χ3n) is 5.08. The third-order valence-corrected chi connectivity index (χ3v) is 6.76. The number of carbonyl (C=O) groups is 1. The van der Waals surface area contributed by atoms with Gasteiger partial charge in [0.15, 0.2) is 9.84 Å². The van der Waals surface area contributed by atoms with Gasteiger partial charge >= 0.3 is 0 Å². The zero-order chi connectivity index (χ0) is 20.9. The number of carbonyl (C=O) groups excluding carboxylic acids is 1. The number of aromatic nitrogens is 2. The van der Waals surface area contributed by atoms with Crippen molar-refractivity contribution in [2.75, 3.05) is 5.32 Å². The molecule has 0 bridgehead atoms. The highest BCUT2D eigenvalue weighted by molar-refractivity contribution is 7.90. The van der Waals surface area contributed by atoms with Gasteiger partial charge in [-0.1, -0.05) is 48.0 Å². The summed E-state index contributed by atoms with van der Waals surface area (Å²) in [5, 5.41) is 9.83. The van der Waals surface area contributed by atoms with Crippen LogP contribution in [0.1, 0.15) is 21.6 Å². The topological polar surface area (TPSA) is 81.1 Å². The van der Waals surface area contributed by atoms with Gasteiger partial charge in [0.05, 0.1) is 22.9 Å². The Hall–Kier alpha value is -3.16. The summed E-state index contributed by atoms with van der Waals surface area (Å²) in [6, 6.07) is 20.2. The first kappa shape index (κ1) is 18.8. The largest absolute Gasteiger partial charge is 0.306 e. The average Bonchev–Trinajstić information content (AvgIpc) is 3.20.